The van der Waals surface area contributed by atoms with Crippen LogP contribution in [0.1, 0.15) is 20.8 Å². The molecule has 100 valence electrons. The molecule has 1 rings (SSSR count). The molecule has 7 nitrogen and oxygen atoms in total. The van der Waals surface area contributed by atoms with Gasteiger partial charge in [0.25, 0.3) is 0 Å². The summed E-state index contributed by atoms with van der Waals surface area (Å²) < 4.78 is 10.2. The van der Waals surface area contributed by atoms with Gasteiger partial charge in [0, 0.05) is 0 Å². The molecular formula is C10H18O7. The molecule has 0 radical (unpaired) electrons. The van der Waals surface area contributed by atoms with Crippen molar-refractivity contribution in [3.63, 3.8) is 0 Å². The molecule has 17 heavy (non-hydrogen) atoms. The molecule has 1 heterocycles. The standard InChI is InChI=1S/C10H18O7/c1-10(2,3)17-9-6(13)4(11)5(12)7(16-9)8(14)15/h4-7,9,11-13H,1-3H3,(H,14,15)/t4?,5-,6-,7?,9-/m0/s1. The number of aliphatic hydroxyl groups is 3. The minimum atomic E-state index is -1.69. The molecule has 0 aromatic rings. The highest BCUT2D eigenvalue weighted by Crippen LogP contribution is 2.25. The number of hydrogen-bond donors (Lipinski definition) is 4. The molecule has 5 atom stereocenters. The third kappa shape index (κ3) is 3.36. The number of ether oxygens (including phenoxy) is 2. The lowest BCUT2D eigenvalue weighted by atomic mass is 9.98. The predicted molar refractivity (Wildman–Crippen MR) is 55.2 cm³/mol. The molecule has 4 N–H and O–H groups in total. The lowest BCUT2D eigenvalue weighted by Crippen LogP contribution is -2.61. The second-order valence-corrected chi connectivity index (χ2v) is 4.97. The monoisotopic (exact) mass is 250 g/mol. The lowest BCUT2D eigenvalue weighted by Gasteiger charge is -2.40. The minimum absolute atomic E-state index is 0.684. The van der Waals surface area contributed by atoms with Crippen molar-refractivity contribution in [2.75, 3.05) is 0 Å². The van der Waals surface area contributed by atoms with Crippen molar-refractivity contribution in [3.8, 4) is 0 Å². The largest absolute Gasteiger partial charge is 0.479 e. The maximum atomic E-state index is 10.8. The maximum Gasteiger partial charge on any atom is 0.335 e. The van der Waals surface area contributed by atoms with E-state index in [1.165, 1.54) is 0 Å². The summed E-state index contributed by atoms with van der Waals surface area (Å²) in [5.74, 6) is -1.43. The molecule has 0 saturated carbocycles. The molecule has 0 spiro atoms. The van der Waals surface area contributed by atoms with Crippen molar-refractivity contribution in [2.45, 2.75) is 57.1 Å². The summed E-state index contributed by atoms with van der Waals surface area (Å²) in [6.45, 7) is 5.07. The van der Waals surface area contributed by atoms with Gasteiger partial charge in [-0.2, -0.15) is 0 Å². The average molecular weight is 250 g/mol. The number of carboxylic acid groups (broad SMARTS) is 1. The van der Waals surface area contributed by atoms with E-state index in [0.717, 1.165) is 0 Å². The highest BCUT2D eigenvalue weighted by molar-refractivity contribution is 5.73. The smallest absolute Gasteiger partial charge is 0.335 e. The SMILES string of the molecule is CC(C)(C)O[C@@H]1OC(C(=O)O)[C@@H](O)C(O)[C@@H]1O. The van der Waals surface area contributed by atoms with Crippen molar-refractivity contribution in [3.05, 3.63) is 0 Å². The molecule has 0 aromatic heterocycles. The lowest BCUT2D eigenvalue weighted by molar-refractivity contribution is -0.314. The van der Waals surface area contributed by atoms with Crippen molar-refractivity contribution in [1.82, 2.24) is 0 Å². The fourth-order valence-electron chi connectivity index (χ4n) is 1.50. The van der Waals surface area contributed by atoms with Gasteiger partial charge in [0.1, 0.15) is 18.3 Å². The van der Waals surface area contributed by atoms with Crippen LogP contribution in [0.3, 0.4) is 0 Å². The molecule has 1 saturated heterocycles. The Morgan fingerprint density at radius 3 is 2.06 bits per heavy atom. The van der Waals surface area contributed by atoms with Crippen LogP contribution in [0.5, 0.6) is 0 Å². The second-order valence-electron chi connectivity index (χ2n) is 4.97. The number of carboxylic acids is 1. The van der Waals surface area contributed by atoms with Gasteiger partial charge in [-0.3, -0.25) is 0 Å². The summed E-state index contributed by atoms with van der Waals surface area (Å²) in [5.41, 5.74) is -0.684. The zero-order valence-electron chi connectivity index (χ0n) is 9.90. The topological polar surface area (TPSA) is 116 Å². The molecule has 1 fully saturated rings. The molecule has 7 heteroatoms. The van der Waals surface area contributed by atoms with Gasteiger partial charge in [-0.1, -0.05) is 0 Å². The molecular weight excluding hydrogens is 232 g/mol. The van der Waals surface area contributed by atoms with Gasteiger partial charge in [0.05, 0.1) is 5.60 Å². The normalized spacial score (nSPS) is 39.1. The number of aliphatic carboxylic acids is 1. The number of carbonyl (C=O) groups is 1. The van der Waals surface area contributed by atoms with Crippen molar-refractivity contribution in [2.24, 2.45) is 0 Å². The molecule has 0 bridgehead atoms. The Balaban J connectivity index is 2.82. The third-order valence-corrected chi connectivity index (χ3v) is 2.28. The maximum absolute atomic E-state index is 10.8. The Labute approximate surface area is 98.6 Å². The highest BCUT2D eigenvalue weighted by atomic mass is 16.7. The van der Waals surface area contributed by atoms with Gasteiger partial charge < -0.3 is 29.9 Å². The third-order valence-electron chi connectivity index (χ3n) is 2.28. The fraction of sp³-hybridized carbons (Fsp3) is 0.900. The molecule has 0 aromatic carbocycles. The van der Waals surface area contributed by atoms with E-state index < -0.39 is 42.3 Å². The van der Waals surface area contributed by atoms with Gasteiger partial charge >= 0.3 is 5.97 Å². The van der Waals surface area contributed by atoms with Crippen LogP contribution in [-0.2, 0) is 14.3 Å². The first-order valence-corrected chi connectivity index (χ1v) is 5.24. The van der Waals surface area contributed by atoms with Gasteiger partial charge in [-0.15, -0.1) is 0 Å². The van der Waals surface area contributed by atoms with E-state index in [1.54, 1.807) is 20.8 Å². The summed E-state index contributed by atoms with van der Waals surface area (Å²) in [6.07, 6.45) is -7.74. The summed E-state index contributed by atoms with van der Waals surface area (Å²) in [4.78, 5) is 10.8. The van der Waals surface area contributed by atoms with E-state index in [1.807, 2.05) is 0 Å². The Bertz CT molecular complexity index is 285. The number of aliphatic hydroxyl groups excluding tert-OH is 3. The zero-order valence-corrected chi connectivity index (χ0v) is 9.90. The molecule has 1 aliphatic heterocycles. The Kier molecular flexibility index (Phi) is 4.11. The highest BCUT2D eigenvalue weighted by Gasteiger charge is 2.48. The van der Waals surface area contributed by atoms with Crippen LogP contribution in [0.4, 0.5) is 0 Å². The number of hydrogen-bond acceptors (Lipinski definition) is 6. The predicted octanol–water partition coefficient (Wildman–Crippen LogP) is -1.31. The van der Waals surface area contributed by atoms with Crippen molar-refractivity contribution >= 4 is 5.97 Å². The van der Waals surface area contributed by atoms with E-state index in [0.29, 0.717) is 0 Å². The van der Waals surface area contributed by atoms with E-state index in [4.69, 9.17) is 14.6 Å². The summed E-state index contributed by atoms with van der Waals surface area (Å²) in [7, 11) is 0. The first-order valence-electron chi connectivity index (χ1n) is 5.24. The first-order chi connectivity index (χ1) is 7.63. The number of rotatable bonds is 2. The summed E-state index contributed by atoms with van der Waals surface area (Å²) in [5, 5.41) is 37.3. The second kappa shape index (κ2) is 4.87. The quantitative estimate of drug-likeness (QED) is 0.481. The summed E-state index contributed by atoms with van der Waals surface area (Å²) in [6, 6.07) is 0. The summed E-state index contributed by atoms with van der Waals surface area (Å²) >= 11 is 0. The van der Waals surface area contributed by atoms with Crippen LogP contribution < -0.4 is 0 Å². The van der Waals surface area contributed by atoms with Crippen LogP contribution >= 0.6 is 0 Å². The van der Waals surface area contributed by atoms with Crippen LogP contribution in [0.15, 0.2) is 0 Å². The van der Waals surface area contributed by atoms with Crippen LogP contribution in [0, 0.1) is 0 Å². The van der Waals surface area contributed by atoms with Crippen molar-refractivity contribution < 1.29 is 34.7 Å². The van der Waals surface area contributed by atoms with Crippen LogP contribution in [0.25, 0.3) is 0 Å². The average Bonchev–Trinajstić information content (AvgIpc) is 2.16. The van der Waals surface area contributed by atoms with Crippen LogP contribution in [0.2, 0.25) is 0 Å². The van der Waals surface area contributed by atoms with Gasteiger partial charge in [0.2, 0.25) is 0 Å². The van der Waals surface area contributed by atoms with E-state index in [2.05, 4.69) is 0 Å². The molecule has 0 amide bonds. The van der Waals surface area contributed by atoms with Gasteiger partial charge in [0.15, 0.2) is 12.4 Å². The molecule has 1 aliphatic rings. The Morgan fingerprint density at radius 1 is 1.12 bits per heavy atom. The van der Waals surface area contributed by atoms with Gasteiger partial charge in [-0.05, 0) is 20.8 Å². The Hall–Kier alpha value is -0.730. The fourth-order valence-corrected chi connectivity index (χ4v) is 1.50. The van der Waals surface area contributed by atoms with E-state index in [-0.39, 0.29) is 0 Å². The van der Waals surface area contributed by atoms with Gasteiger partial charge in [-0.25, -0.2) is 4.79 Å². The van der Waals surface area contributed by atoms with E-state index in [9.17, 15) is 20.1 Å². The van der Waals surface area contributed by atoms with Crippen LogP contribution in [-0.4, -0.2) is 62.7 Å². The van der Waals surface area contributed by atoms with Crippen molar-refractivity contribution in [1.29, 1.82) is 0 Å². The Morgan fingerprint density at radius 2 is 1.65 bits per heavy atom. The zero-order chi connectivity index (χ0) is 13.4. The first kappa shape index (κ1) is 14.3. The minimum Gasteiger partial charge on any atom is -0.479 e. The molecule has 0 aliphatic carbocycles. The molecule has 2 unspecified atom stereocenters. The van der Waals surface area contributed by atoms with E-state index >= 15 is 0 Å².